The van der Waals surface area contributed by atoms with Crippen molar-refractivity contribution in [2.75, 3.05) is 52.4 Å². The molecular formula is C18H38Br2N2. The van der Waals surface area contributed by atoms with Crippen molar-refractivity contribution in [1.82, 2.24) is 0 Å². The van der Waals surface area contributed by atoms with Crippen LogP contribution in [0.4, 0.5) is 0 Å². The molecule has 0 N–H and O–H groups in total. The van der Waals surface area contributed by atoms with Crippen molar-refractivity contribution in [2.24, 2.45) is 0 Å². The molecule has 0 radical (unpaired) electrons. The summed E-state index contributed by atoms with van der Waals surface area (Å²) in [6.45, 7) is 16.3. The lowest BCUT2D eigenvalue weighted by Gasteiger charge is -2.34. The maximum atomic E-state index is 2.40. The fourth-order valence-electron chi connectivity index (χ4n) is 4.66. The zero-order chi connectivity index (χ0) is 14.3. The molecule has 0 bridgehead atoms. The zero-order valence-electron chi connectivity index (χ0n) is 15.0. The molecule has 134 valence electrons. The number of hydrogen-bond donors (Lipinski definition) is 0. The maximum Gasteiger partial charge on any atom is 0.0788 e. The molecule has 2 saturated heterocycles. The van der Waals surface area contributed by atoms with Gasteiger partial charge in [-0.05, 0) is 39.5 Å². The summed E-state index contributed by atoms with van der Waals surface area (Å²) in [6.07, 6.45) is 11.8. The van der Waals surface area contributed by atoms with Crippen LogP contribution in [0.3, 0.4) is 0 Å². The van der Waals surface area contributed by atoms with E-state index in [0.29, 0.717) is 0 Å². The van der Waals surface area contributed by atoms with E-state index >= 15 is 0 Å². The van der Waals surface area contributed by atoms with Gasteiger partial charge in [0, 0.05) is 25.7 Å². The largest absolute Gasteiger partial charge is 1.00 e. The van der Waals surface area contributed by atoms with Crippen LogP contribution in [0, 0.1) is 0 Å². The quantitative estimate of drug-likeness (QED) is 0.282. The molecule has 0 aromatic carbocycles. The van der Waals surface area contributed by atoms with Crippen molar-refractivity contribution in [3.8, 4) is 0 Å². The minimum absolute atomic E-state index is 0. The lowest BCUT2D eigenvalue weighted by molar-refractivity contribution is -0.915. The van der Waals surface area contributed by atoms with Gasteiger partial charge in [0.15, 0.2) is 0 Å². The van der Waals surface area contributed by atoms with Crippen LogP contribution >= 0.6 is 0 Å². The molecule has 4 heteroatoms. The highest BCUT2D eigenvalue weighted by molar-refractivity contribution is 4.56. The van der Waals surface area contributed by atoms with Crippen molar-refractivity contribution in [3.05, 3.63) is 0 Å². The predicted molar refractivity (Wildman–Crippen MR) is 87.7 cm³/mol. The van der Waals surface area contributed by atoms with Crippen LogP contribution < -0.4 is 34.0 Å². The molecule has 0 spiro atoms. The Morgan fingerprint density at radius 2 is 0.864 bits per heavy atom. The molecule has 2 aliphatic heterocycles. The average molecular weight is 442 g/mol. The van der Waals surface area contributed by atoms with Gasteiger partial charge in [0.2, 0.25) is 0 Å². The first kappa shape index (κ1) is 22.9. The van der Waals surface area contributed by atoms with Crippen LogP contribution in [0.1, 0.15) is 65.2 Å². The highest BCUT2D eigenvalue weighted by atomic mass is 79.9. The summed E-state index contributed by atoms with van der Waals surface area (Å²) in [6, 6.07) is 0. The first-order chi connectivity index (χ1) is 9.74. The highest BCUT2D eigenvalue weighted by Gasteiger charge is 2.30. The number of likely N-dealkylation sites (tertiary alicyclic amines) is 2. The molecule has 0 unspecified atom stereocenters. The molecule has 2 nitrogen and oxygen atoms in total. The molecule has 2 rings (SSSR count). The summed E-state index contributed by atoms with van der Waals surface area (Å²) in [5.74, 6) is 0. The molecule has 0 aromatic heterocycles. The van der Waals surface area contributed by atoms with Gasteiger partial charge in [-0.2, -0.15) is 0 Å². The van der Waals surface area contributed by atoms with Gasteiger partial charge in [-0.1, -0.05) is 0 Å². The van der Waals surface area contributed by atoms with Gasteiger partial charge in [-0.15, -0.1) is 0 Å². The summed E-state index contributed by atoms with van der Waals surface area (Å²) in [7, 11) is 0. The molecule has 0 atom stereocenters. The van der Waals surface area contributed by atoms with Gasteiger partial charge in [-0.3, -0.25) is 0 Å². The van der Waals surface area contributed by atoms with Gasteiger partial charge in [0.05, 0.1) is 52.4 Å². The predicted octanol–water partition coefficient (Wildman–Crippen LogP) is -2.18. The number of nitrogens with zero attached hydrogens (tertiary/aromatic N) is 2. The Bertz CT molecular complexity index is 244. The van der Waals surface area contributed by atoms with Gasteiger partial charge >= 0.3 is 0 Å². The van der Waals surface area contributed by atoms with Crippen molar-refractivity contribution in [3.63, 3.8) is 0 Å². The lowest BCUT2D eigenvalue weighted by Crippen LogP contribution is -3.00. The van der Waals surface area contributed by atoms with Crippen molar-refractivity contribution in [1.29, 1.82) is 0 Å². The van der Waals surface area contributed by atoms with Crippen LogP contribution in [0.15, 0.2) is 0 Å². The summed E-state index contributed by atoms with van der Waals surface area (Å²) < 4.78 is 2.88. The van der Waals surface area contributed by atoms with Gasteiger partial charge in [-0.25, -0.2) is 0 Å². The van der Waals surface area contributed by atoms with Gasteiger partial charge in [0.1, 0.15) is 0 Å². The van der Waals surface area contributed by atoms with Crippen molar-refractivity contribution < 1.29 is 42.9 Å². The summed E-state index contributed by atoms with van der Waals surface area (Å²) in [5, 5.41) is 0. The van der Waals surface area contributed by atoms with Gasteiger partial charge < -0.3 is 42.9 Å². The number of quaternary nitrogens is 2. The van der Waals surface area contributed by atoms with E-state index in [1.807, 2.05) is 0 Å². The Balaban J connectivity index is 0.00000220. The van der Waals surface area contributed by atoms with Crippen LogP contribution in [0.2, 0.25) is 0 Å². The van der Waals surface area contributed by atoms with E-state index in [2.05, 4.69) is 13.8 Å². The molecule has 0 aliphatic carbocycles. The number of unbranched alkanes of at least 4 members (excludes halogenated alkanes) is 3. The normalized spacial score (nSPS) is 22.1. The van der Waals surface area contributed by atoms with E-state index < -0.39 is 0 Å². The molecule has 0 amide bonds. The first-order valence-electron chi connectivity index (χ1n) is 9.44. The molecule has 2 heterocycles. The second kappa shape index (κ2) is 11.4. The van der Waals surface area contributed by atoms with E-state index in [1.54, 1.807) is 0 Å². The lowest BCUT2D eigenvalue weighted by atomic mass is 10.1. The van der Waals surface area contributed by atoms with Crippen LogP contribution in [-0.2, 0) is 0 Å². The van der Waals surface area contributed by atoms with Crippen molar-refractivity contribution in [2.45, 2.75) is 65.2 Å². The molecule has 0 saturated carbocycles. The van der Waals surface area contributed by atoms with E-state index in [0.717, 1.165) is 0 Å². The van der Waals surface area contributed by atoms with Gasteiger partial charge in [0.25, 0.3) is 0 Å². The molecule has 2 aliphatic rings. The smallest absolute Gasteiger partial charge is 0.0788 e. The Kier molecular flexibility index (Phi) is 11.9. The zero-order valence-corrected chi connectivity index (χ0v) is 18.1. The Morgan fingerprint density at radius 1 is 0.545 bits per heavy atom. The maximum absolute atomic E-state index is 2.40. The average Bonchev–Trinajstić information content (AvgIpc) is 3.13. The SMILES string of the molecule is CC[N+]1(CCCCCC[N+]2(CC)CCCC2)CCCC1.[Br-].[Br-]. The van der Waals surface area contributed by atoms with E-state index in [1.165, 1.54) is 113 Å². The number of rotatable bonds is 9. The van der Waals surface area contributed by atoms with Crippen molar-refractivity contribution >= 4 is 0 Å². The first-order valence-corrected chi connectivity index (χ1v) is 9.44. The van der Waals surface area contributed by atoms with E-state index in [9.17, 15) is 0 Å². The van der Waals surface area contributed by atoms with E-state index in [4.69, 9.17) is 0 Å². The monoisotopic (exact) mass is 440 g/mol. The minimum atomic E-state index is 0. The second-order valence-corrected chi connectivity index (χ2v) is 7.49. The summed E-state index contributed by atoms with van der Waals surface area (Å²) in [4.78, 5) is 0. The third-order valence-corrected chi connectivity index (χ3v) is 6.39. The highest BCUT2D eigenvalue weighted by Crippen LogP contribution is 2.22. The minimum Gasteiger partial charge on any atom is -1.00 e. The summed E-state index contributed by atoms with van der Waals surface area (Å²) >= 11 is 0. The third-order valence-electron chi connectivity index (χ3n) is 6.39. The number of halogens is 2. The topological polar surface area (TPSA) is 0 Å². The Hall–Kier alpha value is 0.880. The fraction of sp³-hybridized carbons (Fsp3) is 1.00. The molecule has 0 aromatic rings. The summed E-state index contributed by atoms with van der Waals surface area (Å²) in [5.41, 5.74) is 0. The fourth-order valence-corrected chi connectivity index (χ4v) is 4.66. The van der Waals surface area contributed by atoms with Crippen LogP contribution in [-0.4, -0.2) is 61.3 Å². The molecular weight excluding hydrogens is 404 g/mol. The third kappa shape index (κ3) is 6.41. The second-order valence-electron chi connectivity index (χ2n) is 7.49. The van der Waals surface area contributed by atoms with Crippen LogP contribution in [0.5, 0.6) is 0 Å². The Labute approximate surface area is 160 Å². The van der Waals surface area contributed by atoms with Crippen LogP contribution in [0.25, 0.3) is 0 Å². The van der Waals surface area contributed by atoms with E-state index in [-0.39, 0.29) is 34.0 Å². The standard InChI is InChI=1S/C18H38N2.2BrH/c1-3-19(15-9-10-16-19)13-7-5-6-8-14-20(4-2)17-11-12-18-20;;/h3-18H2,1-2H3;2*1H/q+2;;/p-2. The molecule has 22 heavy (non-hydrogen) atoms. The number of hydrogen-bond acceptors (Lipinski definition) is 0. The molecule has 2 fully saturated rings. The Morgan fingerprint density at radius 3 is 1.14 bits per heavy atom.